The second-order valence-electron chi connectivity index (χ2n) is 5.00. The molecule has 0 saturated heterocycles. The highest BCUT2D eigenvalue weighted by molar-refractivity contribution is 9.10. The molecule has 0 aromatic heterocycles. The summed E-state index contributed by atoms with van der Waals surface area (Å²) in [7, 11) is 1.63. The van der Waals surface area contributed by atoms with Crippen LogP contribution in [0.25, 0.3) is 0 Å². The zero-order valence-corrected chi connectivity index (χ0v) is 14.8. The molecule has 126 valence electrons. The standard InChI is InChI=1S/C15H21BrN4O3/c1-3-8-17-15(23)19-14(22)10-20(2)9-13(21)18-12-7-5-4-6-11(12)16/h4-7H,3,8-10H2,1-2H3,(H,18,21)(H2,17,19,22,23). The largest absolute Gasteiger partial charge is 0.338 e. The van der Waals surface area contributed by atoms with Crippen LogP contribution in [0.2, 0.25) is 0 Å². The van der Waals surface area contributed by atoms with Crippen LogP contribution in [0.1, 0.15) is 13.3 Å². The zero-order valence-electron chi connectivity index (χ0n) is 13.2. The lowest BCUT2D eigenvalue weighted by Gasteiger charge is -2.16. The first-order valence-electron chi connectivity index (χ1n) is 7.23. The molecule has 0 saturated carbocycles. The first-order chi connectivity index (χ1) is 10.9. The number of urea groups is 1. The van der Waals surface area contributed by atoms with E-state index in [4.69, 9.17) is 0 Å². The number of hydrogen-bond acceptors (Lipinski definition) is 4. The van der Waals surface area contributed by atoms with Gasteiger partial charge in [0, 0.05) is 11.0 Å². The van der Waals surface area contributed by atoms with Crippen molar-refractivity contribution in [3.8, 4) is 0 Å². The van der Waals surface area contributed by atoms with Gasteiger partial charge in [-0.2, -0.15) is 0 Å². The molecule has 0 bridgehead atoms. The molecule has 0 aliphatic rings. The lowest BCUT2D eigenvalue weighted by molar-refractivity contribution is -0.122. The fraction of sp³-hybridized carbons (Fsp3) is 0.400. The molecular formula is C15H21BrN4O3. The maximum atomic E-state index is 11.9. The van der Waals surface area contributed by atoms with Gasteiger partial charge in [-0.15, -0.1) is 0 Å². The van der Waals surface area contributed by atoms with E-state index in [9.17, 15) is 14.4 Å². The lowest BCUT2D eigenvalue weighted by atomic mass is 10.3. The summed E-state index contributed by atoms with van der Waals surface area (Å²) in [5.41, 5.74) is 0.661. The van der Waals surface area contributed by atoms with Crippen molar-refractivity contribution in [3.63, 3.8) is 0 Å². The molecule has 0 radical (unpaired) electrons. The van der Waals surface area contributed by atoms with E-state index >= 15 is 0 Å². The van der Waals surface area contributed by atoms with Crippen molar-refractivity contribution >= 4 is 39.5 Å². The van der Waals surface area contributed by atoms with Crippen molar-refractivity contribution in [2.75, 3.05) is 32.0 Å². The van der Waals surface area contributed by atoms with Crippen LogP contribution < -0.4 is 16.0 Å². The van der Waals surface area contributed by atoms with Crippen LogP contribution in [-0.2, 0) is 9.59 Å². The number of nitrogens with zero attached hydrogens (tertiary/aromatic N) is 1. The van der Waals surface area contributed by atoms with Gasteiger partial charge in [-0.25, -0.2) is 4.79 Å². The number of para-hydroxylation sites is 1. The molecule has 3 N–H and O–H groups in total. The third kappa shape index (κ3) is 7.75. The summed E-state index contributed by atoms with van der Waals surface area (Å²) in [5, 5.41) is 7.49. The van der Waals surface area contributed by atoms with Gasteiger partial charge in [0.25, 0.3) is 0 Å². The van der Waals surface area contributed by atoms with Crippen LogP contribution in [0.5, 0.6) is 0 Å². The summed E-state index contributed by atoms with van der Waals surface area (Å²) < 4.78 is 0.779. The Morgan fingerprint density at radius 3 is 2.43 bits per heavy atom. The van der Waals surface area contributed by atoms with Gasteiger partial charge in [0.2, 0.25) is 11.8 Å². The van der Waals surface area contributed by atoms with Crippen LogP contribution in [0.15, 0.2) is 28.7 Å². The maximum Gasteiger partial charge on any atom is 0.321 e. The Labute approximate surface area is 143 Å². The summed E-state index contributed by atoms with van der Waals surface area (Å²) >= 11 is 3.34. The minimum Gasteiger partial charge on any atom is -0.338 e. The Balaban J connectivity index is 2.36. The minimum absolute atomic E-state index is 0.0331. The molecule has 1 rings (SSSR count). The lowest BCUT2D eigenvalue weighted by Crippen LogP contribution is -2.45. The van der Waals surface area contributed by atoms with Crippen LogP contribution >= 0.6 is 15.9 Å². The fourth-order valence-corrected chi connectivity index (χ4v) is 2.13. The Kier molecular flexibility index (Phi) is 8.28. The van der Waals surface area contributed by atoms with Gasteiger partial charge in [0.05, 0.1) is 18.8 Å². The molecule has 7 nitrogen and oxygen atoms in total. The highest BCUT2D eigenvalue weighted by atomic mass is 79.9. The summed E-state index contributed by atoms with van der Waals surface area (Å²) in [6.07, 6.45) is 0.788. The number of nitrogens with one attached hydrogen (secondary N) is 3. The topological polar surface area (TPSA) is 90.5 Å². The van der Waals surface area contributed by atoms with E-state index in [1.54, 1.807) is 13.1 Å². The minimum atomic E-state index is -0.525. The van der Waals surface area contributed by atoms with E-state index in [1.807, 2.05) is 25.1 Å². The van der Waals surface area contributed by atoms with Crippen molar-refractivity contribution in [1.29, 1.82) is 0 Å². The number of amides is 4. The predicted molar refractivity (Wildman–Crippen MR) is 92.1 cm³/mol. The number of anilines is 1. The SMILES string of the molecule is CCCNC(=O)NC(=O)CN(C)CC(=O)Nc1ccccc1Br. The van der Waals surface area contributed by atoms with E-state index in [1.165, 1.54) is 4.90 Å². The number of likely N-dealkylation sites (N-methyl/N-ethyl adjacent to an activating group) is 1. The Hall–Kier alpha value is -1.93. The van der Waals surface area contributed by atoms with E-state index in [-0.39, 0.29) is 19.0 Å². The van der Waals surface area contributed by atoms with Gasteiger partial charge in [-0.1, -0.05) is 19.1 Å². The second-order valence-corrected chi connectivity index (χ2v) is 5.86. The summed E-state index contributed by atoms with van der Waals surface area (Å²) in [5.74, 6) is -0.711. The molecule has 0 spiro atoms. The molecule has 0 unspecified atom stereocenters. The molecule has 1 aromatic rings. The molecule has 0 aliphatic heterocycles. The van der Waals surface area contributed by atoms with Crippen LogP contribution in [-0.4, -0.2) is 49.4 Å². The number of hydrogen-bond donors (Lipinski definition) is 3. The van der Waals surface area contributed by atoms with Gasteiger partial charge in [0.15, 0.2) is 0 Å². The third-order valence-electron chi connectivity index (χ3n) is 2.76. The van der Waals surface area contributed by atoms with Crippen molar-refractivity contribution in [1.82, 2.24) is 15.5 Å². The first kappa shape index (κ1) is 19.1. The molecule has 1 aromatic carbocycles. The molecule has 0 atom stereocenters. The van der Waals surface area contributed by atoms with Crippen LogP contribution in [0.4, 0.5) is 10.5 Å². The Bertz CT molecular complexity index is 565. The Morgan fingerprint density at radius 1 is 1.13 bits per heavy atom. The molecular weight excluding hydrogens is 364 g/mol. The number of rotatable bonds is 7. The zero-order chi connectivity index (χ0) is 17.2. The second kappa shape index (κ2) is 9.96. The van der Waals surface area contributed by atoms with Crippen molar-refractivity contribution in [2.45, 2.75) is 13.3 Å². The molecule has 4 amide bonds. The fourth-order valence-electron chi connectivity index (χ4n) is 1.75. The number of imide groups is 1. The molecule has 0 fully saturated rings. The van der Waals surface area contributed by atoms with E-state index in [0.29, 0.717) is 12.2 Å². The van der Waals surface area contributed by atoms with Crippen LogP contribution in [0.3, 0.4) is 0 Å². The summed E-state index contributed by atoms with van der Waals surface area (Å²) in [4.78, 5) is 36.5. The summed E-state index contributed by atoms with van der Waals surface area (Å²) in [6, 6.07) is 6.73. The third-order valence-corrected chi connectivity index (χ3v) is 3.46. The summed E-state index contributed by atoms with van der Waals surface area (Å²) in [6.45, 7) is 2.40. The average molecular weight is 385 g/mol. The van der Waals surface area contributed by atoms with Crippen LogP contribution in [0, 0.1) is 0 Å². The Morgan fingerprint density at radius 2 is 1.78 bits per heavy atom. The molecule has 8 heteroatoms. The average Bonchev–Trinajstić information content (AvgIpc) is 2.47. The van der Waals surface area contributed by atoms with Crippen molar-refractivity contribution in [2.24, 2.45) is 0 Å². The number of carbonyl (C=O) groups is 3. The van der Waals surface area contributed by atoms with Gasteiger partial charge in [-0.05, 0) is 41.5 Å². The van der Waals surface area contributed by atoms with Gasteiger partial charge < -0.3 is 10.6 Å². The number of benzene rings is 1. The highest BCUT2D eigenvalue weighted by Gasteiger charge is 2.13. The highest BCUT2D eigenvalue weighted by Crippen LogP contribution is 2.20. The quantitative estimate of drug-likeness (QED) is 0.665. The van der Waals surface area contributed by atoms with E-state index in [2.05, 4.69) is 31.9 Å². The van der Waals surface area contributed by atoms with Crippen molar-refractivity contribution < 1.29 is 14.4 Å². The molecule has 0 heterocycles. The van der Waals surface area contributed by atoms with Gasteiger partial charge in [0.1, 0.15) is 0 Å². The monoisotopic (exact) mass is 384 g/mol. The molecule has 0 aliphatic carbocycles. The predicted octanol–water partition coefficient (Wildman–Crippen LogP) is 1.56. The smallest absolute Gasteiger partial charge is 0.321 e. The van der Waals surface area contributed by atoms with Crippen molar-refractivity contribution in [3.05, 3.63) is 28.7 Å². The van der Waals surface area contributed by atoms with E-state index < -0.39 is 11.9 Å². The number of carbonyl (C=O) groups excluding carboxylic acids is 3. The van der Waals surface area contributed by atoms with E-state index in [0.717, 1.165) is 10.9 Å². The number of halogens is 1. The van der Waals surface area contributed by atoms with Gasteiger partial charge in [-0.3, -0.25) is 19.8 Å². The van der Waals surface area contributed by atoms with Gasteiger partial charge >= 0.3 is 6.03 Å². The molecule has 23 heavy (non-hydrogen) atoms. The maximum absolute atomic E-state index is 11.9. The normalized spacial score (nSPS) is 10.3. The first-order valence-corrected chi connectivity index (χ1v) is 8.02.